The van der Waals surface area contributed by atoms with Crippen LogP contribution < -0.4 is 21.7 Å². The fraction of sp³-hybridized carbons (Fsp3) is 0.800. The average Bonchev–Trinajstić information content (AvgIpc) is 2.85. The quantitative estimate of drug-likeness (QED) is 0.0791. The topological polar surface area (TPSA) is 188 Å². The third-order valence-corrected chi connectivity index (χ3v) is 6.54. The zero-order valence-electron chi connectivity index (χ0n) is 22.2. The summed E-state index contributed by atoms with van der Waals surface area (Å²) in [5, 5.41) is 26.2. The predicted octanol–water partition coefficient (Wildman–Crippen LogP) is 1.84. The van der Waals surface area contributed by atoms with Gasteiger partial charge in [0.2, 0.25) is 17.7 Å². The molecule has 0 radical (unpaired) electrons. The molecule has 0 fully saturated rings. The molecule has 0 aromatic carbocycles. The molecule has 0 aliphatic rings. The van der Waals surface area contributed by atoms with Gasteiger partial charge in [0.05, 0.1) is 6.04 Å². The number of unbranched alkanes of at least 4 members (excludes halogenated alkanes) is 5. The van der Waals surface area contributed by atoms with E-state index < -0.39 is 41.9 Å². The molecule has 0 spiro atoms. The predicted molar refractivity (Wildman–Crippen MR) is 144 cm³/mol. The Morgan fingerprint density at radius 1 is 0.838 bits per heavy atom. The summed E-state index contributed by atoms with van der Waals surface area (Å²) in [7, 11) is 0. The van der Waals surface area contributed by atoms with Crippen LogP contribution in [-0.2, 0) is 24.0 Å². The Morgan fingerprint density at radius 3 is 2.08 bits per heavy atom. The molecule has 3 amide bonds. The number of carbonyl (C=O) groups is 5. The summed E-state index contributed by atoms with van der Waals surface area (Å²) < 4.78 is 0. The molecular formula is C25H46N4O7S. The normalized spacial score (nSPS) is 14.2. The molecule has 0 saturated carbocycles. The molecule has 11 nitrogen and oxygen atoms in total. The second-order valence-electron chi connectivity index (χ2n) is 9.40. The number of carbonyl (C=O) groups excluding carboxylic acids is 3. The van der Waals surface area contributed by atoms with Crippen molar-refractivity contribution in [1.82, 2.24) is 16.0 Å². The van der Waals surface area contributed by atoms with Crippen molar-refractivity contribution in [3.05, 3.63) is 0 Å². The lowest BCUT2D eigenvalue weighted by molar-refractivity contribution is -0.143. The Kier molecular flexibility index (Phi) is 19.4. The van der Waals surface area contributed by atoms with E-state index in [0.29, 0.717) is 32.2 Å². The second kappa shape index (κ2) is 20.7. The molecule has 0 bridgehead atoms. The van der Waals surface area contributed by atoms with Gasteiger partial charge in [-0.25, -0.2) is 4.79 Å². The van der Waals surface area contributed by atoms with Crippen molar-refractivity contribution in [2.45, 2.75) is 109 Å². The van der Waals surface area contributed by atoms with Crippen LogP contribution in [-0.4, -0.2) is 70.3 Å². The molecule has 0 unspecified atom stereocenters. The number of thiol groups is 1. The zero-order valence-corrected chi connectivity index (χ0v) is 23.1. The molecule has 7 N–H and O–H groups in total. The van der Waals surface area contributed by atoms with E-state index in [2.05, 4.69) is 28.6 Å². The van der Waals surface area contributed by atoms with E-state index in [0.717, 1.165) is 37.9 Å². The molecule has 0 aromatic heterocycles. The molecule has 0 heterocycles. The molecule has 0 aliphatic heterocycles. The van der Waals surface area contributed by atoms with E-state index in [1.54, 1.807) is 6.92 Å². The Labute approximate surface area is 225 Å². The van der Waals surface area contributed by atoms with E-state index in [1.807, 2.05) is 6.92 Å². The van der Waals surface area contributed by atoms with Crippen molar-refractivity contribution in [2.75, 3.05) is 12.3 Å². The third-order valence-electron chi connectivity index (χ3n) is 6.22. The van der Waals surface area contributed by atoms with Gasteiger partial charge in [0.1, 0.15) is 12.1 Å². The summed E-state index contributed by atoms with van der Waals surface area (Å²) in [4.78, 5) is 59.7. The standard InChI is InChI=1S/C25H46N4O7S/c1-3-17(2)22(25(35)36)29-24(34)19(28-23(33)18(26)13-14-21(31)32)11-8-9-15-27-20(30)12-7-5-4-6-10-16-37/h17-19,22,37H,3-16,26H2,1-2H3,(H,27,30)(H,28,33)(H,29,34)(H,31,32)(H,35,36)/t17-,18-,19-,22-/m0/s1. The molecule has 214 valence electrons. The van der Waals surface area contributed by atoms with Crippen LogP contribution in [0.25, 0.3) is 0 Å². The average molecular weight is 547 g/mol. The Balaban J connectivity index is 4.80. The van der Waals surface area contributed by atoms with Crippen LogP contribution in [0.2, 0.25) is 0 Å². The SMILES string of the molecule is CC[C@H](C)[C@H](NC(=O)[C@H](CCCCNC(=O)CCCCCCCS)NC(=O)[C@@H](N)CCC(=O)O)C(=O)O. The maximum absolute atomic E-state index is 12.9. The largest absolute Gasteiger partial charge is 0.481 e. The molecule has 0 rings (SSSR count). The molecule has 4 atom stereocenters. The van der Waals surface area contributed by atoms with Crippen LogP contribution in [0.3, 0.4) is 0 Å². The maximum Gasteiger partial charge on any atom is 0.326 e. The first-order chi connectivity index (χ1) is 17.5. The van der Waals surface area contributed by atoms with Gasteiger partial charge in [-0.15, -0.1) is 0 Å². The van der Waals surface area contributed by atoms with Crippen molar-refractivity contribution >= 4 is 42.3 Å². The van der Waals surface area contributed by atoms with Gasteiger partial charge in [-0.05, 0) is 50.2 Å². The molecule has 0 aromatic rings. The fourth-order valence-electron chi connectivity index (χ4n) is 3.61. The second-order valence-corrected chi connectivity index (χ2v) is 9.84. The van der Waals surface area contributed by atoms with E-state index in [9.17, 15) is 29.1 Å². The number of carboxylic acids is 2. The monoisotopic (exact) mass is 546 g/mol. The first-order valence-corrected chi connectivity index (χ1v) is 13.8. The summed E-state index contributed by atoms with van der Waals surface area (Å²) in [6, 6.07) is -3.27. The van der Waals surface area contributed by atoms with Crippen LogP contribution in [0.4, 0.5) is 0 Å². The maximum atomic E-state index is 12.9. The highest BCUT2D eigenvalue weighted by molar-refractivity contribution is 7.80. The zero-order chi connectivity index (χ0) is 28.2. The number of nitrogens with two attached hydrogens (primary N) is 1. The number of carboxylic acid groups (broad SMARTS) is 2. The lowest BCUT2D eigenvalue weighted by Gasteiger charge is -2.25. The van der Waals surface area contributed by atoms with E-state index in [-0.39, 0.29) is 31.1 Å². The summed E-state index contributed by atoms with van der Waals surface area (Å²) in [6.45, 7) is 3.94. The first-order valence-electron chi connectivity index (χ1n) is 13.2. The minimum Gasteiger partial charge on any atom is -0.481 e. The van der Waals surface area contributed by atoms with Gasteiger partial charge in [0, 0.05) is 19.4 Å². The van der Waals surface area contributed by atoms with Crippen molar-refractivity contribution in [3.8, 4) is 0 Å². The number of rotatable bonds is 22. The van der Waals surface area contributed by atoms with Crippen LogP contribution in [0, 0.1) is 5.92 Å². The van der Waals surface area contributed by atoms with Gasteiger partial charge >= 0.3 is 11.9 Å². The Morgan fingerprint density at radius 2 is 1.49 bits per heavy atom. The minimum absolute atomic E-state index is 0.0287. The number of amides is 3. The summed E-state index contributed by atoms with van der Waals surface area (Å²) >= 11 is 4.18. The summed E-state index contributed by atoms with van der Waals surface area (Å²) in [6.07, 6.45) is 6.96. The van der Waals surface area contributed by atoms with Gasteiger partial charge in [-0.2, -0.15) is 12.6 Å². The van der Waals surface area contributed by atoms with Crippen molar-refractivity contribution in [1.29, 1.82) is 0 Å². The highest BCUT2D eigenvalue weighted by atomic mass is 32.1. The van der Waals surface area contributed by atoms with Gasteiger partial charge in [0.15, 0.2) is 0 Å². The highest BCUT2D eigenvalue weighted by Gasteiger charge is 2.30. The number of hydrogen-bond donors (Lipinski definition) is 7. The van der Waals surface area contributed by atoms with Crippen LogP contribution in [0.1, 0.15) is 90.9 Å². The number of hydrogen-bond acceptors (Lipinski definition) is 7. The third kappa shape index (κ3) is 16.9. The number of aliphatic carboxylic acids is 2. The first kappa shape index (κ1) is 34.7. The molecular weight excluding hydrogens is 500 g/mol. The Bertz CT molecular complexity index is 723. The van der Waals surface area contributed by atoms with Crippen LogP contribution in [0.5, 0.6) is 0 Å². The van der Waals surface area contributed by atoms with E-state index in [4.69, 9.17) is 10.8 Å². The van der Waals surface area contributed by atoms with E-state index in [1.165, 1.54) is 0 Å². The summed E-state index contributed by atoms with van der Waals surface area (Å²) in [5.41, 5.74) is 5.76. The van der Waals surface area contributed by atoms with Gasteiger partial charge in [-0.3, -0.25) is 19.2 Å². The molecule has 37 heavy (non-hydrogen) atoms. The summed E-state index contributed by atoms with van der Waals surface area (Å²) in [5.74, 6) is -3.07. The van der Waals surface area contributed by atoms with Gasteiger partial charge in [-0.1, -0.05) is 39.5 Å². The number of nitrogens with one attached hydrogen (secondary N) is 3. The van der Waals surface area contributed by atoms with Crippen molar-refractivity contribution < 1.29 is 34.2 Å². The molecule has 12 heteroatoms. The smallest absolute Gasteiger partial charge is 0.326 e. The van der Waals surface area contributed by atoms with Crippen LogP contribution >= 0.6 is 12.6 Å². The van der Waals surface area contributed by atoms with Gasteiger partial charge in [0.25, 0.3) is 0 Å². The fourth-order valence-corrected chi connectivity index (χ4v) is 3.84. The Hall–Kier alpha value is -2.34. The van der Waals surface area contributed by atoms with Gasteiger partial charge < -0.3 is 31.9 Å². The molecule has 0 saturated heterocycles. The van der Waals surface area contributed by atoms with Crippen molar-refractivity contribution in [2.24, 2.45) is 11.7 Å². The molecule has 0 aliphatic carbocycles. The van der Waals surface area contributed by atoms with Crippen molar-refractivity contribution in [3.63, 3.8) is 0 Å². The highest BCUT2D eigenvalue weighted by Crippen LogP contribution is 2.10. The minimum atomic E-state index is -1.17. The van der Waals surface area contributed by atoms with E-state index >= 15 is 0 Å². The van der Waals surface area contributed by atoms with Crippen LogP contribution in [0.15, 0.2) is 0 Å². The lowest BCUT2D eigenvalue weighted by Crippen LogP contribution is -2.55. The lowest BCUT2D eigenvalue weighted by atomic mass is 9.98.